The van der Waals surface area contributed by atoms with Gasteiger partial charge in [0.25, 0.3) is 0 Å². The number of hydrogen-bond donors (Lipinski definition) is 1. The molecular formula is C21H21BrN2O3. The highest BCUT2D eigenvalue weighted by atomic mass is 79.9. The van der Waals surface area contributed by atoms with Crippen molar-refractivity contribution in [3.63, 3.8) is 0 Å². The average Bonchev–Trinajstić information content (AvgIpc) is 3.05. The van der Waals surface area contributed by atoms with Gasteiger partial charge in [-0.2, -0.15) is 5.10 Å². The van der Waals surface area contributed by atoms with Crippen LogP contribution in [0, 0.1) is 6.92 Å². The van der Waals surface area contributed by atoms with Gasteiger partial charge in [0.2, 0.25) is 0 Å². The zero-order valence-electron chi connectivity index (χ0n) is 15.7. The number of halogens is 1. The number of nitrogens with one attached hydrogen (secondary N) is 1. The summed E-state index contributed by atoms with van der Waals surface area (Å²) in [6.07, 6.45) is 1.64. The summed E-state index contributed by atoms with van der Waals surface area (Å²) >= 11 is 3.40. The molecule has 0 atom stereocenters. The highest BCUT2D eigenvalue weighted by molar-refractivity contribution is 9.10. The van der Waals surface area contributed by atoms with Gasteiger partial charge in [-0.05, 0) is 65.9 Å². The fourth-order valence-electron chi connectivity index (χ4n) is 2.82. The standard InChI is InChI=1S/C21H21BrN2O3/c1-12(2)17-9-15(13(3)7-19(17)26-4)11-23-24-21(25)20-10-14-8-16(22)5-6-18(14)27-20/h5-12H,1-4H3,(H,24,25)/b23-11+. The second kappa shape index (κ2) is 7.96. The van der Waals surface area contributed by atoms with Crippen molar-refractivity contribution in [2.75, 3.05) is 7.11 Å². The van der Waals surface area contributed by atoms with Crippen LogP contribution in [0.25, 0.3) is 11.0 Å². The van der Waals surface area contributed by atoms with Gasteiger partial charge >= 0.3 is 5.91 Å². The first-order valence-electron chi connectivity index (χ1n) is 8.60. The zero-order chi connectivity index (χ0) is 19.6. The number of furan rings is 1. The van der Waals surface area contributed by atoms with E-state index in [4.69, 9.17) is 9.15 Å². The third-order valence-electron chi connectivity index (χ3n) is 4.31. The lowest BCUT2D eigenvalue weighted by atomic mass is 9.97. The SMILES string of the molecule is COc1cc(C)c(/C=N/NC(=O)c2cc3cc(Br)ccc3o2)cc1C(C)C. The number of benzene rings is 2. The predicted octanol–water partition coefficient (Wildman–Crippen LogP) is 5.40. The van der Waals surface area contributed by atoms with Crippen LogP contribution < -0.4 is 10.2 Å². The number of amides is 1. The van der Waals surface area contributed by atoms with Crippen LogP contribution in [0.3, 0.4) is 0 Å². The number of nitrogens with zero attached hydrogens (tertiary/aromatic N) is 1. The zero-order valence-corrected chi connectivity index (χ0v) is 17.3. The van der Waals surface area contributed by atoms with Crippen molar-refractivity contribution >= 4 is 39.0 Å². The molecule has 0 fully saturated rings. The minimum Gasteiger partial charge on any atom is -0.496 e. The molecule has 0 radical (unpaired) electrons. The molecule has 140 valence electrons. The molecule has 0 saturated carbocycles. The molecule has 5 nitrogen and oxygen atoms in total. The summed E-state index contributed by atoms with van der Waals surface area (Å²) in [5.41, 5.74) is 6.21. The van der Waals surface area contributed by atoms with Crippen molar-refractivity contribution in [1.29, 1.82) is 0 Å². The summed E-state index contributed by atoms with van der Waals surface area (Å²) in [5.74, 6) is 0.998. The Kier molecular flexibility index (Phi) is 5.65. The van der Waals surface area contributed by atoms with Crippen LogP contribution in [0.5, 0.6) is 5.75 Å². The highest BCUT2D eigenvalue weighted by Crippen LogP contribution is 2.29. The summed E-state index contributed by atoms with van der Waals surface area (Å²) in [7, 11) is 1.67. The first kappa shape index (κ1) is 19.2. The number of fused-ring (bicyclic) bond motifs is 1. The molecule has 0 aliphatic heterocycles. The Labute approximate surface area is 166 Å². The van der Waals surface area contributed by atoms with Crippen LogP contribution in [0.1, 0.15) is 47.0 Å². The van der Waals surface area contributed by atoms with Crippen LogP contribution >= 0.6 is 15.9 Å². The molecule has 0 aliphatic rings. The summed E-state index contributed by atoms with van der Waals surface area (Å²) in [6, 6.07) is 11.3. The second-order valence-corrected chi connectivity index (χ2v) is 7.51. The van der Waals surface area contributed by atoms with Gasteiger partial charge in [0.15, 0.2) is 5.76 Å². The van der Waals surface area contributed by atoms with E-state index in [0.717, 1.165) is 32.3 Å². The molecule has 0 bridgehead atoms. The topological polar surface area (TPSA) is 63.8 Å². The molecule has 0 aliphatic carbocycles. The van der Waals surface area contributed by atoms with E-state index in [1.807, 2.05) is 37.3 Å². The molecule has 2 aromatic carbocycles. The molecule has 0 saturated heterocycles. The predicted molar refractivity (Wildman–Crippen MR) is 111 cm³/mol. The van der Waals surface area contributed by atoms with Gasteiger partial charge in [0.05, 0.1) is 13.3 Å². The summed E-state index contributed by atoms with van der Waals surface area (Å²) in [5, 5.41) is 4.94. The highest BCUT2D eigenvalue weighted by Gasteiger charge is 2.13. The fraction of sp³-hybridized carbons (Fsp3) is 0.238. The number of carbonyl (C=O) groups excluding carboxylic acids is 1. The first-order chi connectivity index (χ1) is 12.9. The first-order valence-corrected chi connectivity index (χ1v) is 9.39. The number of carbonyl (C=O) groups is 1. The van der Waals surface area contributed by atoms with Gasteiger partial charge in [-0.15, -0.1) is 0 Å². The summed E-state index contributed by atoms with van der Waals surface area (Å²) in [4.78, 5) is 12.3. The molecule has 6 heteroatoms. The maximum Gasteiger partial charge on any atom is 0.307 e. The van der Waals surface area contributed by atoms with Crippen LogP contribution in [-0.2, 0) is 0 Å². The number of aryl methyl sites for hydroxylation is 1. The molecule has 27 heavy (non-hydrogen) atoms. The minimum absolute atomic E-state index is 0.217. The Bertz CT molecular complexity index is 1020. The Balaban J connectivity index is 1.78. The minimum atomic E-state index is -0.395. The van der Waals surface area contributed by atoms with Crippen LogP contribution in [0.4, 0.5) is 0 Å². The Morgan fingerprint density at radius 1 is 1.26 bits per heavy atom. The van der Waals surface area contributed by atoms with Crippen molar-refractivity contribution in [2.24, 2.45) is 5.10 Å². The van der Waals surface area contributed by atoms with Crippen molar-refractivity contribution in [1.82, 2.24) is 5.43 Å². The molecular weight excluding hydrogens is 408 g/mol. The van der Waals surface area contributed by atoms with Crippen molar-refractivity contribution < 1.29 is 13.9 Å². The number of ether oxygens (including phenoxy) is 1. The maximum atomic E-state index is 12.3. The van der Waals surface area contributed by atoms with E-state index in [1.165, 1.54) is 0 Å². The molecule has 0 spiro atoms. The van der Waals surface area contributed by atoms with Gasteiger partial charge < -0.3 is 9.15 Å². The van der Waals surface area contributed by atoms with E-state index in [1.54, 1.807) is 19.4 Å². The lowest BCUT2D eigenvalue weighted by molar-refractivity contribution is 0.0929. The quantitative estimate of drug-likeness (QED) is 0.436. The van der Waals surface area contributed by atoms with E-state index in [9.17, 15) is 4.79 Å². The lowest BCUT2D eigenvalue weighted by Crippen LogP contribution is -2.16. The monoisotopic (exact) mass is 428 g/mol. The molecule has 1 aromatic heterocycles. The Morgan fingerprint density at radius 3 is 2.74 bits per heavy atom. The van der Waals surface area contributed by atoms with Gasteiger partial charge in [-0.3, -0.25) is 4.79 Å². The summed E-state index contributed by atoms with van der Waals surface area (Å²) in [6.45, 7) is 6.19. The smallest absolute Gasteiger partial charge is 0.307 e. The van der Waals surface area contributed by atoms with Crippen LogP contribution in [-0.4, -0.2) is 19.2 Å². The van der Waals surface area contributed by atoms with Crippen molar-refractivity contribution in [2.45, 2.75) is 26.7 Å². The van der Waals surface area contributed by atoms with E-state index < -0.39 is 5.91 Å². The molecule has 1 amide bonds. The number of methoxy groups -OCH3 is 1. The third kappa shape index (κ3) is 4.22. The number of hydrogen-bond acceptors (Lipinski definition) is 4. The molecule has 0 unspecified atom stereocenters. The van der Waals surface area contributed by atoms with Crippen molar-refractivity contribution in [3.05, 3.63) is 63.3 Å². The largest absolute Gasteiger partial charge is 0.496 e. The van der Waals surface area contributed by atoms with E-state index in [0.29, 0.717) is 11.5 Å². The van der Waals surface area contributed by atoms with E-state index in [2.05, 4.69) is 40.3 Å². The maximum absolute atomic E-state index is 12.3. The molecule has 1 heterocycles. The van der Waals surface area contributed by atoms with Crippen molar-refractivity contribution in [3.8, 4) is 5.75 Å². The van der Waals surface area contributed by atoms with Gasteiger partial charge in [-0.25, -0.2) is 5.43 Å². The Morgan fingerprint density at radius 2 is 2.04 bits per heavy atom. The molecule has 1 N–H and O–H groups in total. The van der Waals surface area contributed by atoms with Gasteiger partial charge in [-0.1, -0.05) is 29.8 Å². The Hall–Kier alpha value is -2.60. The van der Waals surface area contributed by atoms with Gasteiger partial charge in [0, 0.05) is 9.86 Å². The van der Waals surface area contributed by atoms with E-state index >= 15 is 0 Å². The fourth-order valence-corrected chi connectivity index (χ4v) is 3.20. The van der Waals surface area contributed by atoms with Crippen LogP contribution in [0.2, 0.25) is 0 Å². The van der Waals surface area contributed by atoms with Gasteiger partial charge in [0.1, 0.15) is 11.3 Å². The molecule has 3 aromatic rings. The van der Waals surface area contributed by atoms with E-state index in [-0.39, 0.29) is 5.76 Å². The van der Waals surface area contributed by atoms with Crippen LogP contribution in [0.15, 0.2) is 50.4 Å². The number of hydrazone groups is 1. The summed E-state index contributed by atoms with van der Waals surface area (Å²) < 4.78 is 11.9. The molecule has 3 rings (SSSR count). The lowest BCUT2D eigenvalue weighted by Gasteiger charge is -2.14. The average molecular weight is 429 g/mol. The normalized spacial score (nSPS) is 11.5. The number of rotatable bonds is 5. The second-order valence-electron chi connectivity index (χ2n) is 6.60. The third-order valence-corrected chi connectivity index (χ3v) is 4.81.